The third kappa shape index (κ3) is 2.76. The van der Waals surface area contributed by atoms with Crippen molar-refractivity contribution in [3.8, 4) is 0 Å². The number of carbonyl (C=O) groups is 1. The third-order valence-electron chi connectivity index (χ3n) is 3.06. The SMILES string of the molecule is C=CCNCC(=O)N(C)Cc1nnc2n1CCC2. The van der Waals surface area contributed by atoms with Crippen molar-refractivity contribution < 1.29 is 4.79 Å². The first-order chi connectivity index (χ1) is 8.72. The van der Waals surface area contributed by atoms with E-state index in [4.69, 9.17) is 0 Å². The average Bonchev–Trinajstić information content (AvgIpc) is 2.94. The van der Waals surface area contributed by atoms with E-state index in [0.29, 0.717) is 19.6 Å². The van der Waals surface area contributed by atoms with Crippen molar-refractivity contribution in [2.45, 2.75) is 25.9 Å². The molecule has 2 heterocycles. The highest BCUT2D eigenvalue weighted by atomic mass is 16.2. The van der Waals surface area contributed by atoms with Crippen LogP contribution in [0.5, 0.6) is 0 Å². The van der Waals surface area contributed by atoms with Gasteiger partial charge in [0.05, 0.1) is 13.1 Å². The highest BCUT2D eigenvalue weighted by Gasteiger charge is 2.19. The van der Waals surface area contributed by atoms with Crippen LogP contribution in [0.2, 0.25) is 0 Å². The highest BCUT2D eigenvalue weighted by molar-refractivity contribution is 5.77. The van der Waals surface area contributed by atoms with Gasteiger partial charge in [0.2, 0.25) is 5.91 Å². The molecule has 0 saturated carbocycles. The molecule has 6 nitrogen and oxygen atoms in total. The molecule has 1 aromatic heterocycles. The van der Waals surface area contributed by atoms with E-state index in [9.17, 15) is 4.79 Å². The Balaban J connectivity index is 1.88. The number of carbonyl (C=O) groups excluding carboxylic acids is 1. The zero-order chi connectivity index (χ0) is 13.0. The second-order valence-corrected chi connectivity index (χ2v) is 4.46. The Kier molecular flexibility index (Phi) is 4.09. The van der Waals surface area contributed by atoms with Crippen molar-refractivity contribution in [1.29, 1.82) is 0 Å². The number of hydrogen-bond donors (Lipinski definition) is 1. The van der Waals surface area contributed by atoms with Crippen molar-refractivity contribution in [2.75, 3.05) is 20.1 Å². The van der Waals surface area contributed by atoms with Crippen LogP contribution in [-0.2, 0) is 24.3 Å². The van der Waals surface area contributed by atoms with Crippen molar-refractivity contribution in [1.82, 2.24) is 25.0 Å². The van der Waals surface area contributed by atoms with Crippen molar-refractivity contribution in [2.24, 2.45) is 0 Å². The van der Waals surface area contributed by atoms with E-state index >= 15 is 0 Å². The number of nitrogens with zero attached hydrogens (tertiary/aromatic N) is 4. The number of amides is 1. The number of fused-ring (bicyclic) bond motifs is 1. The van der Waals surface area contributed by atoms with Gasteiger partial charge in [0.25, 0.3) is 0 Å². The average molecular weight is 249 g/mol. The predicted octanol–water partition coefficient (Wildman–Crippen LogP) is -0.0417. The minimum Gasteiger partial charge on any atom is -0.337 e. The van der Waals surface area contributed by atoms with Crippen LogP contribution >= 0.6 is 0 Å². The number of likely N-dealkylation sites (N-methyl/N-ethyl adjacent to an activating group) is 1. The summed E-state index contributed by atoms with van der Waals surface area (Å²) in [5.74, 6) is 1.96. The minimum absolute atomic E-state index is 0.0483. The summed E-state index contributed by atoms with van der Waals surface area (Å²) in [7, 11) is 1.79. The highest BCUT2D eigenvalue weighted by Crippen LogP contribution is 2.14. The van der Waals surface area contributed by atoms with Crippen LogP contribution in [0.1, 0.15) is 18.1 Å². The van der Waals surface area contributed by atoms with Gasteiger partial charge < -0.3 is 14.8 Å². The standard InChI is InChI=1S/C12H19N5O/c1-3-6-13-8-12(18)16(2)9-11-15-14-10-5-4-7-17(10)11/h3,13H,1,4-9H2,2H3. The number of nitrogens with one attached hydrogen (secondary N) is 1. The second kappa shape index (κ2) is 5.77. The molecule has 1 aliphatic rings. The quantitative estimate of drug-likeness (QED) is 0.567. The molecule has 0 fully saturated rings. The smallest absolute Gasteiger partial charge is 0.236 e. The van der Waals surface area contributed by atoms with Crippen LogP contribution < -0.4 is 5.32 Å². The maximum absolute atomic E-state index is 11.8. The Bertz CT molecular complexity index is 440. The van der Waals surface area contributed by atoms with Crippen LogP contribution in [0.3, 0.4) is 0 Å². The molecular formula is C12H19N5O. The molecule has 1 aromatic rings. The lowest BCUT2D eigenvalue weighted by molar-refractivity contribution is -0.129. The van der Waals surface area contributed by atoms with E-state index in [2.05, 4.69) is 26.7 Å². The van der Waals surface area contributed by atoms with Gasteiger partial charge in [-0.3, -0.25) is 4.79 Å². The lowest BCUT2D eigenvalue weighted by Crippen LogP contribution is -2.35. The van der Waals surface area contributed by atoms with E-state index in [0.717, 1.165) is 31.0 Å². The lowest BCUT2D eigenvalue weighted by Gasteiger charge is -2.16. The summed E-state index contributed by atoms with van der Waals surface area (Å²) in [5.41, 5.74) is 0. The first-order valence-corrected chi connectivity index (χ1v) is 6.19. The van der Waals surface area contributed by atoms with Crippen LogP contribution in [0.15, 0.2) is 12.7 Å². The maximum Gasteiger partial charge on any atom is 0.236 e. The summed E-state index contributed by atoms with van der Waals surface area (Å²) in [6.45, 7) is 6.04. The fraction of sp³-hybridized carbons (Fsp3) is 0.583. The summed E-state index contributed by atoms with van der Waals surface area (Å²) in [5, 5.41) is 11.3. The van der Waals surface area contributed by atoms with Crippen LogP contribution in [-0.4, -0.2) is 45.7 Å². The molecule has 0 aliphatic carbocycles. The minimum atomic E-state index is 0.0483. The molecule has 1 amide bonds. The number of rotatable bonds is 6. The first kappa shape index (κ1) is 12.8. The molecule has 1 N–H and O–H groups in total. The molecule has 0 spiro atoms. The number of aryl methyl sites for hydroxylation is 1. The van der Waals surface area contributed by atoms with Crippen molar-refractivity contribution in [3.63, 3.8) is 0 Å². The van der Waals surface area contributed by atoms with Gasteiger partial charge in [-0.05, 0) is 6.42 Å². The topological polar surface area (TPSA) is 63.1 Å². The largest absolute Gasteiger partial charge is 0.337 e. The van der Waals surface area contributed by atoms with E-state index in [-0.39, 0.29) is 5.91 Å². The van der Waals surface area contributed by atoms with Gasteiger partial charge in [0.1, 0.15) is 5.82 Å². The molecule has 0 radical (unpaired) electrons. The van der Waals surface area contributed by atoms with E-state index < -0.39 is 0 Å². The van der Waals surface area contributed by atoms with Crippen molar-refractivity contribution >= 4 is 5.91 Å². The van der Waals surface area contributed by atoms with Gasteiger partial charge in [-0.15, -0.1) is 16.8 Å². The van der Waals surface area contributed by atoms with Crippen LogP contribution in [0.25, 0.3) is 0 Å². The first-order valence-electron chi connectivity index (χ1n) is 6.19. The maximum atomic E-state index is 11.8. The molecule has 0 atom stereocenters. The molecule has 2 rings (SSSR count). The molecule has 98 valence electrons. The van der Waals surface area contributed by atoms with Gasteiger partial charge in [0.15, 0.2) is 5.82 Å². The molecular weight excluding hydrogens is 230 g/mol. The molecule has 0 bridgehead atoms. The lowest BCUT2D eigenvalue weighted by atomic mass is 10.4. The van der Waals surface area contributed by atoms with Gasteiger partial charge in [-0.1, -0.05) is 6.08 Å². The van der Waals surface area contributed by atoms with E-state index in [1.54, 1.807) is 18.0 Å². The molecule has 0 unspecified atom stereocenters. The Morgan fingerprint density at radius 1 is 1.61 bits per heavy atom. The predicted molar refractivity (Wildman–Crippen MR) is 67.9 cm³/mol. The van der Waals surface area contributed by atoms with Gasteiger partial charge in [0, 0.05) is 26.6 Å². The monoisotopic (exact) mass is 249 g/mol. The van der Waals surface area contributed by atoms with Crippen molar-refractivity contribution in [3.05, 3.63) is 24.3 Å². The number of hydrogen-bond acceptors (Lipinski definition) is 4. The van der Waals surface area contributed by atoms with Gasteiger partial charge in [-0.25, -0.2) is 0 Å². The molecule has 0 aromatic carbocycles. The summed E-state index contributed by atoms with van der Waals surface area (Å²) >= 11 is 0. The fourth-order valence-electron chi connectivity index (χ4n) is 2.04. The molecule has 6 heteroatoms. The summed E-state index contributed by atoms with van der Waals surface area (Å²) in [6, 6.07) is 0. The Morgan fingerprint density at radius 2 is 2.44 bits per heavy atom. The third-order valence-corrected chi connectivity index (χ3v) is 3.06. The fourth-order valence-corrected chi connectivity index (χ4v) is 2.04. The second-order valence-electron chi connectivity index (χ2n) is 4.46. The molecule has 1 aliphatic heterocycles. The zero-order valence-corrected chi connectivity index (χ0v) is 10.7. The van der Waals surface area contributed by atoms with E-state index in [1.807, 2.05) is 0 Å². The Labute approximate surface area is 107 Å². The summed E-state index contributed by atoms with van der Waals surface area (Å²) < 4.78 is 2.11. The molecule has 0 saturated heterocycles. The van der Waals surface area contributed by atoms with E-state index in [1.165, 1.54) is 0 Å². The van der Waals surface area contributed by atoms with Gasteiger partial charge in [-0.2, -0.15) is 0 Å². The summed E-state index contributed by atoms with van der Waals surface area (Å²) in [4.78, 5) is 13.5. The number of aromatic nitrogens is 3. The summed E-state index contributed by atoms with van der Waals surface area (Å²) in [6.07, 6.45) is 3.85. The Hall–Kier alpha value is -1.69. The van der Waals surface area contributed by atoms with Crippen LogP contribution in [0.4, 0.5) is 0 Å². The zero-order valence-electron chi connectivity index (χ0n) is 10.7. The van der Waals surface area contributed by atoms with Gasteiger partial charge >= 0.3 is 0 Å². The Morgan fingerprint density at radius 3 is 3.22 bits per heavy atom. The molecule has 18 heavy (non-hydrogen) atoms. The normalized spacial score (nSPS) is 13.4. The van der Waals surface area contributed by atoms with Crippen LogP contribution in [0, 0.1) is 0 Å².